The maximum atomic E-state index is 10.4. The lowest BCUT2D eigenvalue weighted by Crippen LogP contribution is -2.37. The lowest BCUT2D eigenvalue weighted by atomic mass is 9.87. The van der Waals surface area contributed by atoms with E-state index in [2.05, 4.69) is 0 Å². The van der Waals surface area contributed by atoms with Gasteiger partial charge in [-0.25, -0.2) is 0 Å². The Bertz CT molecular complexity index is 184. The van der Waals surface area contributed by atoms with Crippen LogP contribution in [0.15, 0.2) is 0 Å². The van der Waals surface area contributed by atoms with Crippen LogP contribution in [-0.2, 0) is 9.59 Å². The molecule has 0 aromatic heterocycles. The van der Waals surface area contributed by atoms with Crippen molar-refractivity contribution in [3.8, 4) is 0 Å². The molecule has 0 spiro atoms. The molecule has 0 aliphatic rings. The van der Waals surface area contributed by atoms with Gasteiger partial charge in [0.25, 0.3) is 0 Å². The number of rotatable bonds is 4. The third-order valence-electron chi connectivity index (χ3n) is 1.51. The molecule has 0 aliphatic heterocycles. The summed E-state index contributed by atoms with van der Waals surface area (Å²) in [5.41, 5.74) is 3.77. The van der Waals surface area contributed by atoms with E-state index in [0.29, 0.717) is 0 Å². The van der Waals surface area contributed by atoms with Crippen LogP contribution in [0.5, 0.6) is 0 Å². The highest BCUT2D eigenvalue weighted by Gasteiger charge is 2.34. The zero-order valence-corrected chi connectivity index (χ0v) is 7.43. The molecule has 72 valence electrons. The third kappa shape index (κ3) is 3.54. The Labute approximate surface area is 76.0 Å². The Morgan fingerprint density at radius 2 is 1.83 bits per heavy atom. The van der Waals surface area contributed by atoms with Crippen molar-refractivity contribution in [1.82, 2.24) is 0 Å². The van der Waals surface area contributed by atoms with Crippen LogP contribution in [0, 0.1) is 5.41 Å². The second kappa shape index (κ2) is 4.95. The highest BCUT2D eigenvalue weighted by molar-refractivity contribution is 5.85. The quantitative estimate of drug-likeness (QED) is 0.586. The first-order valence-electron chi connectivity index (χ1n) is 3.07. The summed E-state index contributed by atoms with van der Waals surface area (Å²) < 4.78 is 0. The first-order chi connectivity index (χ1) is 4.92. The van der Waals surface area contributed by atoms with Crippen molar-refractivity contribution in [3.63, 3.8) is 0 Å². The van der Waals surface area contributed by atoms with E-state index >= 15 is 0 Å². The van der Waals surface area contributed by atoms with Crippen LogP contribution in [-0.4, -0.2) is 28.7 Å². The molecule has 0 aliphatic carbocycles. The minimum atomic E-state index is -1.34. The Morgan fingerprint density at radius 3 is 1.92 bits per heavy atom. The minimum Gasteiger partial charge on any atom is -0.481 e. The highest BCUT2D eigenvalue weighted by Crippen LogP contribution is 2.19. The molecule has 1 atom stereocenters. The highest BCUT2D eigenvalue weighted by atomic mass is 35.5. The average molecular weight is 198 g/mol. The molecule has 12 heavy (non-hydrogen) atoms. The second-order valence-electron chi connectivity index (χ2n) is 2.64. The number of nitrogens with two attached hydrogens (primary N) is 1. The van der Waals surface area contributed by atoms with Crippen molar-refractivity contribution in [1.29, 1.82) is 0 Å². The zero-order chi connectivity index (χ0) is 9.07. The normalized spacial score (nSPS) is 14.2. The Hall–Kier alpha value is -0.810. The summed E-state index contributed by atoms with van der Waals surface area (Å²) in [6.07, 6.45) is -0.446. The molecule has 0 aromatic carbocycles. The van der Waals surface area contributed by atoms with Crippen LogP contribution in [0.2, 0.25) is 0 Å². The molecule has 6 heteroatoms. The van der Waals surface area contributed by atoms with Gasteiger partial charge < -0.3 is 15.9 Å². The minimum absolute atomic E-state index is 0. The van der Waals surface area contributed by atoms with E-state index in [4.69, 9.17) is 15.9 Å². The lowest BCUT2D eigenvalue weighted by molar-refractivity contribution is -0.154. The van der Waals surface area contributed by atoms with Crippen molar-refractivity contribution in [2.24, 2.45) is 11.1 Å². The van der Waals surface area contributed by atoms with E-state index in [1.54, 1.807) is 0 Å². The van der Waals surface area contributed by atoms with E-state index in [9.17, 15) is 9.59 Å². The summed E-state index contributed by atoms with van der Waals surface area (Å²) in [5, 5.41) is 16.8. The Balaban J connectivity index is 0. The van der Waals surface area contributed by atoms with Gasteiger partial charge in [-0.15, -0.1) is 12.4 Å². The van der Waals surface area contributed by atoms with Gasteiger partial charge in [0.15, 0.2) is 0 Å². The molecule has 0 saturated heterocycles. The van der Waals surface area contributed by atoms with Gasteiger partial charge in [-0.05, 0) is 6.92 Å². The van der Waals surface area contributed by atoms with Gasteiger partial charge >= 0.3 is 11.9 Å². The molecule has 5 nitrogen and oxygen atoms in total. The largest absolute Gasteiger partial charge is 0.481 e. The van der Waals surface area contributed by atoms with E-state index in [-0.39, 0.29) is 19.0 Å². The number of aliphatic carboxylic acids is 2. The molecule has 0 saturated carbocycles. The average Bonchev–Trinajstić information content (AvgIpc) is 1.86. The predicted octanol–water partition coefficient (Wildman–Crippen LogP) is -0.0675. The fourth-order valence-corrected chi connectivity index (χ4v) is 0.569. The van der Waals surface area contributed by atoms with Gasteiger partial charge in [0.2, 0.25) is 0 Å². The predicted molar refractivity (Wildman–Crippen MR) is 44.3 cm³/mol. The molecule has 0 aromatic rings. The van der Waals surface area contributed by atoms with Gasteiger partial charge in [0.05, 0.1) is 11.8 Å². The Kier molecular flexibility index (Phi) is 5.67. The molecule has 0 rings (SSSR count). The summed E-state index contributed by atoms with van der Waals surface area (Å²) in [6.45, 7) is 1.14. The Morgan fingerprint density at radius 1 is 1.42 bits per heavy atom. The van der Waals surface area contributed by atoms with Gasteiger partial charge in [0, 0.05) is 6.54 Å². The van der Waals surface area contributed by atoms with Crippen molar-refractivity contribution in [2.45, 2.75) is 13.3 Å². The molecule has 0 amide bonds. The number of halogens is 1. The summed E-state index contributed by atoms with van der Waals surface area (Å²) in [4.78, 5) is 20.6. The van der Waals surface area contributed by atoms with Crippen molar-refractivity contribution in [3.05, 3.63) is 0 Å². The number of hydrogen-bond acceptors (Lipinski definition) is 3. The summed E-state index contributed by atoms with van der Waals surface area (Å²) >= 11 is 0. The van der Waals surface area contributed by atoms with Crippen molar-refractivity contribution >= 4 is 24.3 Å². The molecule has 0 heterocycles. The summed E-state index contributed by atoms with van der Waals surface area (Å²) in [6, 6.07) is 0. The molecule has 1 unspecified atom stereocenters. The molecule has 0 radical (unpaired) electrons. The lowest BCUT2D eigenvalue weighted by Gasteiger charge is -2.19. The van der Waals surface area contributed by atoms with Crippen LogP contribution in [0.1, 0.15) is 13.3 Å². The maximum absolute atomic E-state index is 10.4. The van der Waals surface area contributed by atoms with E-state index < -0.39 is 23.8 Å². The van der Waals surface area contributed by atoms with Crippen LogP contribution in [0.25, 0.3) is 0 Å². The topological polar surface area (TPSA) is 101 Å². The monoisotopic (exact) mass is 197 g/mol. The second-order valence-corrected chi connectivity index (χ2v) is 2.64. The molecular formula is C6H12ClNO4. The maximum Gasteiger partial charge on any atom is 0.311 e. The fourth-order valence-electron chi connectivity index (χ4n) is 0.569. The summed E-state index contributed by atoms with van der Waals surface area (Å²) in [5.74, 6) is -2.33. The van der Waals surface area contributed by atoms with Gasteiger partial charge in [0.1, 0.15) is 0 Å². The SMILES string of the molecule is CC(CN)(CC(=O)O)C(=O)O.Cl. The van der Waals surface area contributed by atoms with Crippen LogP contribution >= 0.6 is 12.4 Å². The van der Waals surface area contributed by atoms with E-state index in [0.717, 1.165) is 0 Å². The summed E-state index contributed by atoms with van der Waals surface area (Å²) in [7, 11) is 0. The smallest absolute Gasteiger partial charge is 0.311 e. The first-order valence-corrected chi connectivity index (χ1v) is 3.07. The molecule has 0 fully saturated rings. The van der Waals surface area contributed by atoms with Crippen LogP contribution in [0.3, 0.4) is 0 Å². The van der Waals surface area contributed by atoms with Crippen LogP contribution < -0.4 is 5.73 Å². The third-order valence-corrected chi connectivity index (χ3v) is 1.51. The molecular weight excluding hydrogens is 186 g/mol. The van der Waals surface area contributed by atoms with Crippen molar-refractivity contribution < 1.29 is 19.8 Å². The number of carboxylic acid groups (broad SMARTS) is 2. The van der Waals surface area contributed by atoms with Gasteiger partial charge in [-0.1, -0.05) is 0 Å². The molecule has 4 N–H and O–H groups in total. The number of carbonyl (C=O) groups is 2. The first kappa shape index (κ1) is 13.8. The number of carboxylic acids is 2. The zero-order valence-electron chi connectivity index (χ0n) is 6.61. The van der Waals surface area contributed by atoms with E-state index in [1.165, 1.54) is 6.92 Å². The van der Waals surface area contributed by atoms with Crippen LogP contribution in [0.4, 0.5) is 0 Å². The van der Waals surface area contributed by atoms with Gasteiger partial charge in [-0.3, -0.25) is 9.59 Å². The van der Waals surface area contributed by atoms with Gasteiger partial charge in [-0.2, -0.15) is 0 Å². The van der Waals surface area contributed by atoms with Crippen molar-refractivity contribution in [2.75, 3.05) is 6.54 Å². The number of hydrogen-bond donors (Lipinski definition) is 3. The van der Waals surface area contributed by atoms with E-state index in [1.807, 2.05) is 0 Å². The standard InChI is InChI=1S/C6H11NO4.ClH/c1-6(3-7,5(10)11)2-4(8)9;/h2-3,7H2,1H3,(H,8,9)(H,10,11);1H. The molecule has 0 bridgehead atoms. The fraction of sp³-hybridized carbons (Fsp3) is 0.667.